The topological polar surface area (TPSA) is 298 Å². The number of aromatic amines is 1. The van der Waals surface area contributed by atoms with Gasteiger partial charge in [-0.15, -0.1) is 0 Å². The molecule has 9 aromatic heterocycles. The largest absolute Gasteiger partial charge is 0.497 e. The van der Waals surface area contributed by atoms with E-state index in [0.29, 0.717) is 47.8 Å². The molecule has 0 bridgehead atoms. The number of hydrogen-bond acceptors (Lipinski definition) is 25. The number of imidazole rings is 1. The van der Waals surface area contributed by atoms with Crippen LogP contribution in [0, 0.1) is 28.9 Å². The zero-order valence-corrected chi connectivity index (χ0v) is 75.6. The zero-order valence-electron chi connectivity index (χ0n) is 75.6. The molecule has 1 unspecified atom stereocenters. The smallest absolute Gasteiger partial charge is 0.128 e. The van der Waals surface area contributed by atoms with E-state index in [0.717, 1.165) is 211 Å². The summed E-state index contributed by atoms with van der Waals surface area (Å²) in [5, 5.41) is 26.3. The Kier molecular flexibility index (Phi) is 28.9. The Labute approximate surface area is 758 Å². The molecule has 0 amide bonds. The van der Waals surface area contributed by atoms with Gasteiger partial charge in [0.05, 0.1) is 178 Å². The number of hydrogen-bond donors (Lipinski definition) is 1. The third-order valence-corrected chi connectivity index (χ3v) is 22.2. The number of aromatic nitrogens is 18. The molecule has 1 aliphatic heterocycles. The van der Waals surface area contributed by atoms with Gasteiger partial charge in [-0.2, -0.15) is 25.7 Å². The second-order valence-corrected chi connectivity index (χ2v) is 31.8. The SMILES string of the molecule is CCCCN(c1cc(OC)cc(OC)c1)c1ccc2ncc(-c3cnn(C(C)C)c3)nc2c1.CCCN(c1cc(F)cc(OC)c1)c1ccc2ncc(-c3cnn(C)c3)nc2c1.COc1cc(F)cc(N(CCCN2CCC(C#N)C2)c2ccc3ncc(-c4cnn(C)c4)nc3c2)c1.COc1cc(OC)cc(N(Cc2ncc[nH]2)c2ccc3ncc(-c4cnn(C)c4)nc3c2)c1. The summed E-state index contributed by atoms with van der Waals surface area (Å²) in [5.41, 5.74) is 20.3. The quantitative estimate of drug-likeness (QED) is 0.0437. The van der Waals surface area contributed by atoms with E-state index < -0.39 is 0 Å². The average Bonchev–Trinajstić information content (AvgIpc) is 1.11. The number of fused-ring (bicyclic) bond motifs is 4. The lowest BCUT2D eigenvalue weighted by Crippen LogP contribution is -2.26. The van der Waals surface area contributed by atoms with Crippen molar-refractivity contribution in [2.24, 2.45) is 27.1 Å². The molecule has 30 nitrogen and oxygen atoms in total. The minimum atomic E-state index is -0.356. The van der Waals surface area contributed by atoms with Crippen LogP contribution in [0.5, 0.6) is 34.5 Å². The first-order valence-electron chi connectivity index (χ1n) is 43.2. The van der Waals surface area contributed by atoms with Gasteiger partial charge < -0.3 is 57.9 Å². The maximum Gasteiger partial charge on any atom is 0.128 e. The molecule has 1 fully saturated rings. The molecule has 131 heavy (non-hydrogen) atoms. The summed E-state index contributed by atoms with van der Waals surface area (Å²) >= 11 is 0. The van der Waals surface area contributed by atoms with E-state index in [1.807, 2.05) is 178 Å². The lowest BCUT2D eigenvalue weighted by molar-refractivity contribution is 0.329. The number of nitrogens with zero attached hydrogens (tertiary/aromatic N) is 23. The van der Waals surface area contributed by atoms with E-state index in [2.05, 4.69) is 121 Å². The first-order chi connectivity index (χ1) is 63.7. The fourth-order valence-corrected chi connectivity index (χ4v) is 15.4. The van der Waals surface area contributed by atoms with Crippen molar-refractivity contribution in [1.82, 2.24) is 93.9 Å². The highest BCUT2D eigenvalue weighted by Crippen LogP contribution is 2.40. The summed E-state index contributed by atoms with van der Waals surface area (Å²) < 4.78 is 68.3. The van der Waals surface area contributed by atoms with Crippen molar-refractivity contribution < 1.29 is 37.2 Å². The number of unbranched alkanes of at least 4 members (excludes halogenated alkanes) is 1. The van der Waals surface area contributed by atoms with Gasteiger partial charge in [0.25, 0.3) is 0 Å². The Morgan fingerprint density at radius 3 is 1.12 bits per heavy atom. The van der Waals surface area contributed by atoms with Crippen LogP contribution in [0.3, 0.4) is 0 Å². The molecule has 670 valence electrons. The van der Waals surface area contributed by atoms with Crippen LogP contribution in [0.25, 0.3) is 89.2 Å². The van der Waals surface area contributed by atoms with Crippen LogP contribution in [-0.2, 0) is 27.7 Å². The highest BCUT2D eigenvalue weighted by molar-refractivity contribution is 5.87. The number of likely N-dealkylation sites (tertiary alicyclic amines) is 1. The van der Waals surface area contributed by atoms with Gasteiger partial charge >= 0.3 is 0 Å². The Morgan fingerprint density at radius 1 is 0.412 bits per heavy atom. The Bertz CT molecular complexity index is 6770. The average molecular weight is 1760 g/mol. The molecule has 32 heteroatoms. The van der Waals surface area contributed by atoms with Gasteiger partial charge in [-0.05, 0) is 138 Å². The molecule has 1 saturated heterocycles. The van der Waals surface area contributed by atoms with E-state index in [1.165, 1.54) is 38.5 Å². The molecule has 0 saturated carbocycles. The summed E-state index contributed by atoms with van der Waals surface area (Å²) in [6.45, 7) is 13.9. The molecular weight excluding hydrogens is 1660 g/mol. The molecule has 1 atom stereocenters. The molecule has 1 N–H and O–H groups in total. The van der Waals surface area contributed by atoms with Crippen molar-refractivity contribution in [2.75, 3.05) is 102 Å². The second kappa shape index (κ2) is 41.9. The number of ether oxygens (including phenoxy) is 6. The van der Waals surface area contributed by atoms with E-state index in [-0.39, 0.29) is 17.6 Å². The lowest BCUT2D eigenvalue weighted by atomic mass is 10.1. The first-order valence-corrected chi connectivity index (χ1v) is 43.2. The van der Waals surface area contributed by atoms with Crippen molar-refractivity contribution in [1.29, 1.82) is 5.26 Å². The van der Waals surface area contributed by atoms with Gasteiger partial charge in [0.15, 0.2) is 0 Å². The summed E-state index contributed by atoms with van der Waals surface area (Å²) in [5.74, 6) is 4.12. The zero-order chi connectivity index (χ0) is 91.6. The number of nitrogens with one attached hydrogen (secondary N) is 1. The van der Waals surface area contributed by atoms with Crippen molar-refractivity contribution in [3.05, 3.63) is 250 Å². The van der Waals surface area contributed by atoms with E-state index in [9.17, 15) is 14.0 Å². The summed E-state index contributed by atoms with van der Waals surface area (Å²) in [7, 11) is 15.3. The fraction of sp³-hybridized carbons (Fsp3) is 0.273. The summed E-state index contributed by atoms with van der Waals surface area (Å²) in [6, 6.07) is 47.9. The van der Waals surface area contributed by atoms with Crippen molar-refractivity contribution in [2.45, 2.75) is 72.4 Å². The number of rotatable bonds is 30. The van der Waals surface area contributed by atoms with Crippen LogP contribution in [0.2, 0.25) is 0 Å². The maximum absolute atomic E-state index is 14.5. The molecule has 0 spiro atoms. The molecule has 8 aromatic carbocycles. The molecule has 10 heterocycles. The minimum Gasteiger partial charge on any atom is -0.497 e. The van der Waals surface area contributed by atoms with Crippen LogP contribution in [0.4, 0.5) is 54.3 Å². The highest BCUT2D eigenvalue weighted by Gasteiger charge is 2.25. The number of H-pyrrole nitrogens is 1. The van der Waals surface area contributed by atoms with Gasteiger partial charge in [-0.3, -0.25) is 38.7 Å². The van der Waals surface area contributed by atoms with Gasteiger partial charge in [0, 0.05) is 219 Å². The third-order valence-electron chi connectivity index (χ3n) is 22.2. The Hall–Kier alpha value is -15.5. The van der Waals surface area contributed by atoms with Crippen LogP contribution in [-0.4, -0.2) is 176 Å². The van der Waals surface area contributed by atoms with Gasteiger partial charge in [0.1, 0.15) is 52.0 Å². The lowest BCUT2D eigenvalue weighted by Gasteiger charge is -2.27. The van der Waals surface area contributed by atoms with Gasteiger partial charge in [-0.25, -0.2) is 33.7 Å². The number of aryl methyl sites for hydroxylation is 3. The maximum atomic E-state index is 14.5. The van der Waals surface area contributed by atoms with Crippen LogP contribution in [0.1, 0.15) is 71.7 Å². The second-order valence-electron chi connectivity index (χ2n) is 31.8. The normalized spacial score (nSPS) is 12.4. The number of nitriles is 1. The fourth-order valence-electron chi connectivity index (χ4n) is 15.4. The van der Waals surface area contributed by atoms with E-state index >= 15 is 0 Å². The van der Waals surface area contributed by atoms with Crippen molar-refractivity contribution in [3.63, 3.8) is 0 Å². The first kappa shape index (κ1) is 90.3. The van der Waals surface area contributed by atoms with Gasteiger partial charge in [0.2, 0.25) is 0 Å². The molecule has 1 aliphatic rings. The standard InChI is InChI=1S/C27H28FN7O.C26H31N5O2.C24H23N7O2.C22H22FN5O/c1-33-18-20(15-31-33)27-16-30-25-5-4-22(13-26(25)32-27)35(23-10-21(28)11-24(12-23)36-2)8-3-7-34-9-6-19(14-29)17-34;1-6-7-10-30(21-11-22(32-4)14-23(12-21)33-5)20-8-9-24-25(13-20)29-26(16-27-24)19-15-28-31(17-19)18(2)3;1-30-14-16(12-28-30)23-13-27-21-5-4-17(10-22(21)29-23)31(15-24-25-6-7-26-24)18-8-19(32-2)11-20(9-18)33-3;1-4-7-28(18-8-16(23)9-19(10-18)29-3)17-5-6-20-21(11-17)26-22(13-24-20)15-12-25-27(2)14-15/h4-5,10-13,15-16,18-19H,3,6-9,17H2,1-2H3;8-9,11-18H,6-7,10H2,1-5H3;4-14H,15H2,1-3H3,(H,25,26);5-6,8-14H,4,7H2,1-3H3. The number of halogens is 2. The van der Waals surface area contributed by atoms with E-state index in [1.54, 1.807) is 85.9 Å². The van der Waals surface area contributed by atoms with Crippen LogP contribution >= 0.6 is 0 Å². The summed E-state index contributed by atoms with van der Waals surface area (Å²) in [4.78, 5) is 56.2. The number of anilines is 8. The van der Waals surface area contributed by atoms with Crippen molar-refractivity contribution in [3.8, 4) is 85.6 Å². The highest BCUT2D eigenvalue weighted by atomic mass is 19.1. The van der Waals surface area contributed by atoms with Crippen LogP contribution in [0.15, 0.2) is 232 Å². The molecule has 17 aromatic rings. The van der Waals surface area contributed by atoms with Crippen molar-refractivity contribution >= 4 is 89.6 Å². The summed E-state index contributed by atoms with van der Waals surface area (Å²) in [6.07, 6.45) is 30.4. The molecule has 0 aliphatic carbocycles. The van der Waals surface area contributed by atoms with Crippen LogP contribution < -0.4 is 48.0 Å². The predicted octanol–water partition coefficient (Wildman–Crippen LogP) is 19.4. The monoisotopic (exact) mass is 1760 g/mol. The Balaban J connectivity index is 0.000000134. The van der Waals surface area contributed by atoms with E-state index in [4.69, 9.17) is 48.4 Å². The molecule has 0 radical (unpaired) electrons. The molecular formula is C99H104F2N24O6. The predicted molar refractivity (Wildman–Crippen MR) is 507 cm³/mol. The molecule has 18 rings (SSSR count). The third kappa shape index (κ3) is 22.2. The number of methoxy groups -OCH3 is 6. The van der Waals surface area contributed by atoms with Gasteiger partial charge in [-0.1, -0.05) is 20.3 Å². The minimum absolute atomic E-state index is 0.113. The Morgan fingerprint density at radius 2 is 0.779 bits per heavy atom. The number of benzene rings is 8.